The lowest BCUT2D eigenvalue weighted by Crippen LogP contribution is -2.31. The van der Waals surface area contributed by atoms with E-state index in [9.17, 15) is 18.8 Å². The van der Waals surface area contributed by atoms with Crippen LogP contribution in [0.2, 0.25) is 5.02 Å². The normalized spacial score (nSPS) is 13.1. The molecule has 0 saturated carbocycles. The molecular formula is C19H15ClFNO4. The molecule has 1 aliphatic rings. The van der Waals surface area contributed by atoms with Crippen LogP contribution in [0.3, 0.4) is 0 Å². The Hall–Kier alpha value is -2.73. The standard InChI is InChI=1S/C19H15ClFNO4/c20-16-10-13(21)8-7-12(16)11-26-17(23)6-3-9-22-18(24)14-4-1-2-5-15(14)19(22)25/h1-2,4-5,7-8,10H,3,6,9,11H2. The van der Waals surface area contributed by atoms with Gasteiger partial charge in [-0.3, -0.25) is 19.3 Å². The first-order valence-corrected chi connectivity index (χ1v) is 8.40. The minimum atomic E-state index is -0.484. The Kier molecular flexibility index (Phi) is 5.32. The highest BCUT2D eigenvalue weighted by atomic mass is 35.5. The molecule has 2 aromatic carbocycles. The molecule has 0 aliphatic carbocycles. The average molecular weight is 376 g/mol. The number of amides is 2. The number of esters is 1. The fourth-order valence-corrected chi connectivity index (χ4v) is 2.91. The van der Waals surface area contributed by atoms with Gasteiger partial charge in [-0.05, 0) is 30.7 Å². The third kappa shape index (κ3) is 3.75. The quantitative estimate of drug-likeness (QED) is 0.571. The van der Waals surface area contributed by atoms with E-state index in [0.717, 1.165) is 11.0 Å². The van der Waals surface area contributed by atoms with E-state index in [-0.39, 0.29) is 36.4 Å². The Morgan fingerprint density at radius 1 is 1.08 bits per heavy atom. The summed E-state index contributed by atoms with van der Waals surface area (Å²) >= 11 is 5.87. The largest absolute Gasteiger partial charge is 0.461 e. The third-order valence-corrected chi connectivity index (χ3v) is 4.40. The van der Waals surface area contributed by atoms with Gasteiger partial charge in [0.2, 0.25) is 0 Å². The Morgan fingerprint density at radius 2 is 1.73 bits per heavy atom. The molecule has 0 spiro atoms. The number of hydrogen-bond donors (Lipinski definition) is 0. The summed E-state index contributed by atoms with van der Waals surface area (Å²) in [6.45, 7) is 0.0731. The summed E-state index contributed by atoms with van der Waals surface area (Å²) in [5.74, 6) is -1.65. The topological polar surface area (TPSA) is 63.7 Å². The summed E-state index contributed by atoms with van der Waals surface area (Å²) in [5, 5.41) is 0.184. The van der Waals surface area contributed by atoms with Gasteiger partial charge >= 0.3 is 5.97 Å². The minimum Gasteiger partial charge on any atom is -0.461 e. The molecule has 0 aromatic heterocycles. The second-order valence-electron chi connectivity index (χ2n) is 5.81. The number of nitrogens with zero attached hydrogens (tertiary/aromatic N) is 1. The molecule has 0 N–H and O–H groups in total. The van der Waals surface area contributed by atoms with Crippen molar-refractivity contribution in [3.05, 3.63) is 70.0 Å². The van der Waals surface area contributed by atoms with Crippen LogP contribution < -0.4 is 0 Å². The Morgan fingerprint density at radius 3 is 2.35 bits per heavy atom. The summed E-state index contributed by atoms with van der Waals surface area (Å²) in [6.07, 6.45) is 0.341. The van der Waals surface area contributed by atoms with E-state index in [1.54, 1.807) is 24.3 Å². The van der Waals surface area contributed by atoms with Crippen LogP contribution in [0.4, 0.5) is 4.39 Å². The molecule has 0 bridgehead atoms. The number of ether oxygens (including phenoxy) is 1. The van der Waals surface area contributed by atoms with Crippen molar-refractivity contribution in [1.29, 1.82) is 0 Å². The fourth-order valence-electron chi connectivity index (χ4n) is 2.69. The third-order valence-electron chi connectivity index (χ3n) is 4.04. The van der Waals surface area contributed by atoms with Crippen LogP contribution in [0, 0.1) is 5.82 Å². The maximum absolute atomic E-state index is 13.0. The van der Waals surface area contributed by atoms with Crippen LogP contribution in [0.5, 0.6) is 0 Å². The maximum atomic E-state index is 13.0. The Balaban J connectivity index is 1.47. The zero-order valence-electron chi connectivity index (χ0n) is 13.7. The molecule has 134 valence electrons. The summed E-state index contributed by atoms with van der Waals surface area (Å²) in [6, 6.07) is 10.4. The molecule has 7 heteroatoms. The van der Waals surface area contributed by atoms with Crippen molar-refractivity contribution >= 4 is 29.4 Å². The summed E-state index contributed by atoms with van der Waals surface area (Å²) < 4.78 is 18.1. The van der Waals surface area contributed by atoms with Crippen molar-refractivity contribution in [2.75, 3.05) is 6.54 Å². The van der Waals surface area contributed by atoms with Gasteiger partial charge in [-0.1, -0.05) is 29.8 Å². The fraction of sp³-hybridized carbons (Fsp3) is 0.211. The number of benzene rings is 2. The maximum Gasteiger partial charge on any atom is 0.306 e. The van der Waals surface area contributed by atoms with Crippen LogP contribution in [0.25, 0.3) is 0 Å². The van der Waals surface area contributed by atoms with Gasteiger partial charge in [-0.25, -0.2) is 4.39 Å². The smallest absolute Gasteiger partial charge is 0.306 e. The van der Waals surface area contributed by atoms with E-state index in [1.165, 1.54) is 12.1 Å². The molecule has 5 nitrogen and oxygen atoms in total. The molecule has 0 radical (unpaired) electrons. The van der Waals surface area contributed by atoms with Crippen LogP contribution >= 0.6 is 11.6 Å². The molecule has 0 saturated heterocycles. The molecule has 0 atom stereocenters. The molecule has 0 unspecified atom stereocenters. The van der Waals surface area contributed by atoms with Crippen LogP contribution in [0.15, 0.2) is 42.5 Å². The van der Waals surface area contributed by atoms with Crippen LogP contribution in [0.1, 0.15) is 39.1 Å². The predicted molar refractivity (Wildman–Crippen MR) is 92.2 cm³/mol. The van der Waals surface area contributed by atoms with Crippen molar-refractivity contribution < 1.29 is 23.5 Å². The zero-order chi connectivity index (χ0) is 18.7. The predicted octanol–water partition coefficient (Wildman–Crippen LogP) is 3.60. The van der Waals surface area contributed by atoms with E-state index in [4.69, 9.17) is 16.3 Å². The number of halogens is 2. The number of fused-ring (bicyclic) bond motifs is 1. The number of carbonyl (C=O) groups excluding carboxylic acids is 3. The SMILES string of the molecule is O=C(CCCN1C(=O)c2ccccc2C1=O)OCc1ccc(F)cc1Cl. The van der Waals surface area contributed by atoms with E-state index >= 15 is 0 Å². The highest BCUT2D eigenvalue weighted by Gasteiger charge is 2.34. The Bertz CT molecular complexity index is 849. The lowest BCUT2D eigenvalue weighted by atomic mass is 10.1. The highest BCUT2D eigenvalue weighted by Crippen LogP contribution is 2.23. The molecule has 1 heterocycles. The Labute approximate surface area is 154 Å². The van der Waals surface area contributed by atoms with Gasteiger partial charge in [0.15, 0.2) is 0 Å². The summed E-state index contributed by atoms with van der Waals surface area (Å²) in [5.41, 5.74) is 1.26. The van der Waals surface area contributed by atoms with E-state index in [2.05, 4.69) is 0 Å². The molecule has 26 heavy (non-hydrogen) atoms. The van der Waals surface area contributed by atoms with Gasteiger partial charge in [-0.2, -0.15) is 0 Å². The molecule has 3 rings (SSSR count). The second-order valence-corrected chi connectivity index (χ2v) is 6.21. The van der Waals surface area contributed by atoms with E-state index in [1.807, 2.05) is 0 Å². The molecular weight excluding hydrogens is 361 g/mol. The lowest BCUT2D eigenvalue weighted by molar-refractivity contribution is -0.145. The van der Waals surface area contributed by atoms with Gasteiger partial charge < -0.3 is 4.74 Å². The minimum absolute atomic E-state index is 0.0478. The first kappa shape index (κ1) is 18.1. The van der Waals surface area contributed by atoms with Crippen molar-refractivity contribution in [3.8, 4) is 0 Å². The van der Waals surface area contributed by atoms with Crippen LogP contribution in [-0.2, 0) is 16.1 Å². The zero-order valence-corrected chi connectivity index (χ0v) is 14.5. The summed E-state index contributed by atoms with van der Waals surface area (Å²) in [4.78, 5) is 37.4. The van der Waals surface area contributed by atoms with Crippen molar-refractivity contribution in [1.82, 2.24) is 4.90 Å². The lowest BCUT2D eigenvalue weighted by Gasteiger charge is -2.13. The van der Waals surface area contributed by atoms with Crippen molar-refractivity contribution in [2.45, 2.75) is 19.4 Å². The van der Waals surface area contributed by atoms with Gasteiger partial charge in [0, 0.05) is 18.5 Å². The summed E-state index contributed by atoms with van der Waals surface area (Å²) in [7, 11) is 0. The first-order valence-electron chi connectivity index (χ1n) is 8.02. The molecule has 1 aliphatic heterocycles. The van der Waals surface area contributed by atoms with Gasteiger partial charge in [0.1, 0.15) is 12.4 Å². The number of imide groups is 1. The number of carbonyl (C=O) groups is 3. The number of rotatable bonds is 6. The van der Waals surface area contributed by atoms with Gasteiger partial charge in [-0.15, -0.1) is 0 Å². The average Bonchev–Trinajstić information content (AvgIpc) is 2.86. The number of hydrogen-bond acceptors (Lipinski definition) is 4. The first-order chi connectivity index (χ1) is 12.5. The van der Waals surface area contributed by atoms with Crippen molar-refractivity contribution in [2.24, 2.45) is 0 Å². The molecule has 2 amide bonds. The molecule has 2 aromatic rings. The van der Waals surface area contributed by atoms with Gasteiger partial charge in [0.25, 0.3) is 11.8 Å². The second kappa shape index (κ2) is 7.66. The monoisotopic (exact) mass is 375 g/mol. The van der Waals surface area contributed by atoms with E-state index in [0.29, 0.717) is 23.1 Å². The van der Waals surface area contributed by atoms with E-state index < -0.39 is 11.8 Å². The van der Waals surface area contributed by atoms with Crippen LogP contribution in [-0.4, -0.2) is 29.2 Å². The highest BCUT2D eigenvalue weighted by molar-refractivity contribution is 6.31. The molecule has 0 fully saturated rings. The van der Waals surface area contributed by atoms with Gasteiger partial charge in [0.05, 0.1) is 16.1 Å². The van der Waals surface area contributed by atoms with Crippen molar-refractivity contribution in [3.63, 3.8) is 0 Å².